The van der Waals surface area contributed by atoms with Gasteiger partial charge < -0.3 is 5.11 Å². The SMILES string of the molecule is CC[C@@H]1C(=O)C=C[C@H]1C(=O)O. The van der Waals surface area contributed by atoms with Crippen molar-refractivity contribution in [1.82, 2.24) is 0 Å². The van der Waals surface area contributed by atoms with Gasteiger partial charge in [0.1, 0.15) is 0 Å². The molecule has 0 saturated carbocycles. The summed E-state index contributed by atoms with van der Waals surface area (Å²) < 4.78 is 0. The Bertz CT molecular complexity index is 217. The highest BCUT2D eigenvalue weighted by Gasteiger charge is 2.33. The molecule has 0 amide bonds. The number of carboxylic acids is 1. The van der Waals surface area contributed by atoms with E-state index < -0.39 is 11.9 Å². The number of carboxylic acid groups (broad SMARTS) is 1. The molecule has 3 nitrogen and oxygen atoms in total. The van der Waals surface area contributed by atoms with Gasteiger partial charge in [-0.15, -0.1) is 0 Å². The molecule has 1 aliphatic rings. The minimum Gasteiger partial charge on any atom is -0.481 e. The first-order valence-corrected chi connectivity index (χ1v) is 3.61. The normalized spacial score (nSPS) is 29.4. The number of ketones is 1. The van der Waals surface area contributed by atoms with Gasteiger partial charge in [0.25, 0.3) is 0 Å². The van der Waals surface area contributed by atoms with Crippen LogP contribution in [0.5, 0.6) is 0 Å². The Kier molecular flexibility index (Phi) is 2.08. The highest BCUT2D eigenvalue weighted by Crippen LogP contribution is 2.24. The molecular formula is C8H10O3. The van der Waals surface area contributed by atoms with Gasteiger partial charge in [-0.25, -0.2) is 0 Å². The minimum atomic E-state index is -0.904. The van der Waals surface area contributed by atoms with Crippen LogP contribution in [-0.4, -0.2) is 16.9 Å². The van der Waals surface area contributed by atoms with Gasteiger partial charge in [-0.05, 0) is 12.5 Å². The molecule has 60 valence electrons. The summed E-state index contributed by atoms with van der Waals surface area (Å²) in [4.78, 5) is 21.5. The Morgan fingerprint density at radius 1 is 1.73 bits per heavy atom. The van der Waals surface area contributed by atoms with Crippen molar-refractivity contribution in [2.75, 3.05) is 0 Å². The van der Waals surface area contributed by atoms with Crippen molar-refractivity contribution in [1.29, 1.82) is 0 Å². The first-order valence-electron chi connectivity index (χ1n) is 3.61. The second-order valence-corrected chi connectivity index (χ2v) is 2.64. The molecule has 1 rings (SSSR count). The summed E-state index contributed by atoms with van der Waals surface area (Å²) in [6.45, 7) is 1.82. The van der Waals surface area contributed by atoms with Crippen LogP contribution in [0.4, 0.5) is 0 Å². The second-order valence-electron chi connectivity index (χ2n) is 2.64. The number of carbonyl (C=O) groups is 2. The number of hydrogen-bond acceptors (Lipinski definition) is 2. The van der Waals surface area contributed by atoms with Crippen LogP contribution in [-0.2, 0) is 9.59 Å². The van der Waals surface area contributed by atoms with Crippen molar-refractivity contribution in [3.05, 3.63) is 12.2 Å². The summed E-state index contributed by atoms with van der Waals surface area (Å²) >= 11 is 0. The lowest BCUT2D eigenvalue weighted by molar-refractivity contribution is -0.143. The van der Waals surface area contributed by atoms with E-state index >= 15 is 0 Å². The molecule has 0 aromatic heterocycles. The third-order valence-corrected chi connectivity index (χ3v) is 1.99. The lowest BCUT2D eigenvalue weighted by atomic mass is 9.93. The largest absolute Gasteiger partial charge is 0.481 e. The van der Waals surface area contributed by atoms with Gasteiger partial charge in [-0.2, -0.15) is 0 Å². The van der Waals surface area contributed by atoms with E-state index in [9.17, 15) is 9.59 Å². The van der Waals surface area contributed by atoms with Crippen LogP contribution < -0.4 is 0 Å². The van der Waals surface area contributed by atoms with E-state index in [-0.39, 0.29) is 11.7 Å². The Morgan fingerprint density at radius 2 is 2.36 bits per heavy atom. The number of rotatable bonds is 2. The van der Waals surface area contributed by atoms with Gasteiger partial charge in [-0.1, -0.05) is 13.0 Å². The van der Waals surface area contributed by atoms with Gasteiger partial charge in [0, 0.05) is 5.92 Å². The fraction of sp³-hybridized carbons (Fsp3) is 0.500. The van der Waals surface area contributed by atoms with Crippen molar-refractivity contribution >= 4 is 11.8 Å². The number of hydrogen-bond donors (Lipinski definition) is 1. The Labute approximate surface area is 64.7 Å². The van der Waals surface area contributed by atoms with E-state index in [0.717, 1.165) is 0 Å². The van der Waals surface area contributed by atoms with Crippen molar-refractivity contribution in [3.8, 4) is 0 Å². The van der Waals surface area contributed by atoms with Crippen LogP contribution in [0.1, 0.15) is 13.3 Å². The maximum absolute atomic E-state index is 11.0. The smallest absolute Gasteiger partial charge is 0.311 e. The molecule has 1 aliphatic carbocycles. The molecule has 0 aliphatic heterocycles. The van der Waals surface area contributed by atoms with Crippen LogP contribution >= 0.6 is 0 Å². The predicted molar refractivity (Wildman–Crippen MR) is 39.1 cm³/mol. The number of carbonyl (C=O) groups excluding carboxylic acids is 1. The van der Waals surface area contributed by atoms with Gasteiger partial charge >= 0.3 is 5.97 Å². The zero-order chi connectivity index (χ0) is 8.43. The molecule has 0 radical (unpaired) electrons. The van der Waals surface area contributed by atoms with E-state index in [1.54, 1.807) is 0 Å². The molecule has 0 saturated heterocycles. The molecule has 3 heteroatoms. The molecule has 0 aromatic rings. The molecule has 0 spiro atoms. The van der Waals surface area contributed by atoms with E-state index in [4.69, 9.17) is 5.11 Å². The molecule has 0 aromatic carbocycles. The van der Waals surface area contributed by atoms with Crippen molar-refractivity contribution in [2.45, 2.75) is 13.3 Å². The summed E-state index contributed by atoms with van der Waals surface area (Å²) in [6, 6.07) is 0. The molecular weight excluding hydrogens is 144 g/mol. The third kappa shape index (κ3) is 1.31. The predicted octanol–water partition coefficient (Wildman–Crippen LogP) is 0.852. The Morgan fingerprint density at radius 3 is 2.73 bits per heavy atom. The summed E-state index contributed by atoms with van der Waals surface area (Å²) in [7, 11) is 0. The molecule has 0 heterocycles. The molecule has 0 unspecified atom stereocenters. The fourth-order valence-corrected chi connectivity index (χ4v) is 1.34. The van der Waals surface area contributed by atoms with Gasteiger partial charge in [-0.3, -0.25) is 9.59 Å². The zero-order valence-corrected chi connectivity index (χ0v) is 6.28. The summed E-state index contributed by atoms with van der Waals surface area (Å²) in [5.74, 6) is -1.88. The van der Waals surface area contributed by atoms with E-state index in [0.29, 0.717) is 6.42 Å². The topological polar surface area (TPSA) is 54.4 Å². The maximum Gasteiger partial charge on any atom is 0.311 e. The summed E-state index contributed by atoms with van der Waals surface area (Å²) in [6.07, 6.45) is 3.44. The fourth-order valence-electron chi connectivity index (χ4n) is 1.34. The second kappa shape index (κ2) is 2.86. The highest BCUT2D eigenvalue weighted by molar-refractivity contribution is 5.98. The highest BCUT2D eigenvalue weighted by atomic mass is 16.4. The maximum atomic E-state index is 11.0. The minimum absolute atomic E-state index is 0.0556. The van der Waals surface area contributed by atoms with Crippen molar-refractivity contribution in [3.63, 3.8) is 0 Å². The van der Waals surface area contributed by atoms with Crippen LogP contribution in [0.15, 0.2) is 12.2 Å². The molecule has 1 N–H and O–H groups in total. The lowest BCUT2D eigenvalue weighted by Gasteiger charge is -2.10. The van der Waals surface area contributed by atoms with E-state index in [1.165, 1.54) is 12.2 Å². The Hall–Kier alpha value is -1.12. The Balaban J connectivity index is 2.76. The molecule has 11 heavy (non-hydrogen) atoms. The quantitative estimate of drug-likeness (QED) is 0.641. The number of allylic oxidation sites excluding steroid dienone is 1. The monoisotopic (exact) mass is 154 g/mol. The first-order chi connectivity index (χ1) is 5.16. The van der Waals surface area contributed by atoms with Crippen molar-refractivity contribution in [2.24, 2.45) is 11.8 Å². The van der Waals surface area contributed by atoms with Gasteiger partial charge in [0.2, 0.25) is 0 Å². The van der Waals surface area contributed by atoms with Gasteiger partial charge in [0.15, 0.2) is 5.78 Å². The molecule has 0 bridgehead atoms. The number of aliphatic carboxylic acids is 1. The van der Waals surface area contributed by atoms with E-state index in [1.807, 2.05) is 6.92 Å². The lowest BCUT2D eigenvalue weighted by Crippen LogP contribution is -2.21. The zero-order valence-electron chi connectivity index (χ0n) is 6.28. The van der Waals surface area contributed by atoms with Crippen LogP contribution in [0, 0.1) is 11.8 Å². The van der Waals surface area contributed by atoms with Gasteiger partial charge in [0.05, 0.1) is 5.92 Å². The van der Waals surface area contributed by atoms with Crippen LogP contribution in [0.2, 0.25) is 0 Å². The summed E-state index contributed by atoms with van der Waals surface area (Å²) in [5, 5.41) is 8.63. The third-order valence-electron chi connectivity index (χ3n) is 1.99. The molecule has 2 atom stereocenters. The molecule has 0 fully saturated rings. The standard InChI is InChI=1S/C8H10O3/c1-2-5-6(8(10)11)3-4-7(5)9/h3-6H,2H2,1H3,(H,10,11)/t5-,6+/m0/s1. The van der Waals surface area contributed by atoms with Crippen LogP contribution in [0.3, 0.4) is 0 Å². The average Bonchev–Trinajstić information content (AvgIpc) is 2.30. The van der Waals surface area contributed by atoms with Crippen LogP contribution in [0.25, 0.3) is 0 Å². The average molecular weight is 154 g/mol. The first kappa shape index (κ1) is 7.98. The summed E-state index contributed by atoms with van der Waals surface area (Å²) in [5.41, 5.74) is 0. The van der Waals surface area contributed by atoms with Crippen molar-refractivity contribution < 1.29 is 14.7 Å². The van der Waals surface area contributed by atoms with E-state index in [2.05, 4.69) is 0 Å².